The Balaban J connectivity index is 1.16. The zero-order valence-corrected chi connectivity index (χ0v) is 21.8. The molecule has 3 heterocycles. The molecule has 4 amide bonds. The van der Waals surface area contributed by atoms with Crippen LogP contribution in [0.5, 0.6) is 11.5 Å². The molecule has 0 saturated carbocycles. The van der Waals surface area contributed by atoms with Crippen LogP contribution in [0.2, 0.25) is 0 Å². The first kappa shape index (κ1) is 26.9. The number of ether oxygens (including phenoxy) is 2. The van der Waals surface area contributed by atoms with Gasteiger partial charge in [-0.15, -0.1) is 0 Å². The second-order valence-electron chi connectivity index (χ2n) is 9.44. The van der Waals surface area contributed by atoms with E-state index in [0.29, 0.717) is 37.4 Å². The van der Waals surface area contributed by atoms with Crippen molar-refractivity contribution in [3.63, 3.8) is 0 Å². The molecule has 4 aromatic rings. The lowest BCUT2D eigenvalue weighted by Crippen LogP contribution is -2.58. The van der Waals surface area contributed by atoms with E-state index in [1.165, 1.54) is 0 Å². The van der Waals surface area contributed by atoms with Crippen molar-refractivity contribution in [2.45, 2.75) is 12.8 Å². The van der Waals surface area contributed by atoms with Crippen LogP contribution in [0.25, 0.3) is 21.8 Å². The summed E-state index contributed by atoms with van der Waals surface area (Å²) in [6, 6.07) is 10.6. The molecule has 0 aliphatic carbocycles. The van der Waals surface area contributed by atoms with Crippen molar-refractivity contribution >= 4 is 45.4 Å². The molecule has 0 spiro atoms. The number of imide groups is 2. The molecule has 0 radical (unpaired) electrons. The maximum absolute atomic E-state index is 12.7. The number of carbonyl (C=O) groups is 4. The molecule has 0 unspecified atom stereocenters. The quantitative estimate of drug-likeness (QED) is 0.226. The van der Waals surface area contributed by atoms with Crippen LogP contribution in [0.4, 0.5) is 0 Å². The standard InChI is InChI=1S/C28H30N6O6/c29-7-5-17-11-31-23-3-1-19(9-21(17)23)39-15-27(37)33-13-26(36)34(14-25(33)35)28(38)16-40-20-2-4-24-22(10-20)18(6-8-30)12-32-24/h1-4,9-12,31-32H,5-8,13-16,29-30H2. The highest BCUT2D eigenvalue weighted by molar-refractivity contribution is 6.09. The summed E-state index contributed by atoms with van der Waals surface area (Å²) in [7, 11) is 0. The van der Waals surface area contributed by atoms with Gasteiger partial charge in [-0.3, -0.25) is 29.0 Å². The Bertz CT molecular complexity index is 1470. The summed E-state index contributed by atoms with van der Waals surface area (Å²) in [5.74, 6) is -1.81. The number of fused-ring (bicyclic) bond motifs is 2. The Kier molecular flexibility index (Phi) is 7.80. The van der Waals surface area contributed by atoms with Gasteiger partial charge in [-0.25, -0.2) is 0 Å². The summed E-state index contributed by atoms with van der Waals surface area (Å²) in [4.78, 5) is 58.7. The van der Waals surface area contributed by atoms with Gasteiger partial charge >= 0.3 is 0 Å². The molecule has 1 aliphatic heterocycles. The zero-order chi connectivity index (χ0) is 28.2. The molecule has 5 rings (SSSR count). The maximum Gasteiger partial charge on any atom is 0.267 e. The number of H-pyrrole nitrogens is 2. The smallest absolute Gasteiger partial charge is 0.267 e. The second-order valence-corrected chi connectivity index (χ2v) is 9.44. The van der Waals surface area contributed by atoms with Crippen LogP contribution in [-0.4, -0.2) is 82.8 Å². The van der Waals surface area contributed by atoms with Crippen molar-refractivity contribution in [2.24, 2.45) is 11.5 Å². The van der Waals surface area contributed by atoms with Gasteiger partial charge in [-0.2, -0.15) is 0 Å². The number of piperazine rings is 1. The van der Waals surface area contributed by atoms with Gasteiger partial charge in [0.2, 0.25) is 11.8 Å². The minimum Gasteiger partial charge on any atom is -0.484 e. The minimum absolute atomic E-state index is 0.438. The fraction of sp³-hybridized carbons (Fsp3) is 0.286. The zero-order valence-electron chi connectivity index (χ0n) is 21.8. The highest BCUT2D eigenvalue weighted by atomic mass is 16.5. The van der Waals surface area contributed by atoms with Crippen LogP contribution < -0.4 is 20.9 Å². The van der Waals surface area contributed by atoms with E-state index >= 15 is 0 Å². The average Bonchev–Trinajstić information content (AvgIpc) is 3.55. The maximum atomic E-state index is 12.7. The largest absolute Gasteiger partial charge is 0.484 e. The highest BCUT2D eigenvalue weighted by Gasteiger charge is 2.37. The van der Waals surface area contributed by atoms with Crippen molar-refractivity contribution in [1.82, 2.24) is 19.8 Å². The molecule has 12 nitrogen and oxygen atoms in total. The summed E-state index contributed by atoms with van der Waals surface area (Å²) in [6.45, 7) is -0.999. The number of nitrogens with zero attached hydrogens (tertiary/aromatic N) is 2. The average molecular weight is 547 g/mol. The number of amides is 4. The molecule has 2 aromatic heterocycles. The number of nitrogens with two attached hydrogens (primary N) is 2. The van der Waals surface area contributed by atoms with Crippen molar-refractivity contribution in [3.05, 3.63) is 59.9 Å². The Morgan fingerprint density at radius 1 is 0.725 bits per heavy atom. The molecule has 1 saturated heterocycles. The number of aromatic amines is 2. The molecule has 12 heteroatoms. The van der Waals surface area contributed by atoms with Gasteiger partial charge in [0.1, 0.15) is 24.6 Å². The van der Waals surface area contributed by atoms with Crippen molar-refractivity contribution in [2.75, 3.05) is 39.4 Å². The molecule has 0 atom stereocenters. The summed E-state index contributed by atoms with van der Waals surface area (Å²) < 4.78 is 11.2. The molecular weight excluding hydrogens is 516 g/mol. The van der Waals surface area contributed by atoms with Gasteiger partial charge in [0.25, 0.3) is 11.8 Å². The van der Waals surface area contributed by atoms with E-state index in [4.69, 9.17) is 20.9 Å². The third-order valence-corrected chi connectivity index (χ3v) is 6.82. The number of benzene rings is 2. The molecule has 40 heavy (non-hydrogen) atoms. The molecular formula is C28H30N6O6. The van der Waals surface area contributed by atoms with E-state index in [1.807, 2.05) is 24.5 Å². The number of nitrogens with one attached hydrogen (secondary N) is 2. The number of aromatic nitrogens is 2. The Morgan fingerprint density at radius 3 is 1.55 bits per heavy atom. The van der Waals surface area contributed by atoms with E-state index in [-0.39, 0.29) is 0 Å². The highest BCUT2D eigenvalue weighted by Crippen LogP contribution is 2.25. The van der Waals surface area contributed by atoms with Crippen molar-refractivity contribution in [3.8, 4) is 11.5 Å². The summed E-state index contributed by atoms with van der Waals surface area (Å²) in [5, 5.41) is 1.86. The fourth-order valence-corrected chi connectivity index (χ4v) is 4.74. The summed E-state index contributed by atoms with van der Waals surface area (Å²) in [6.07, 6.45) is 5.13. The Hall–Kier alpha value is -4.68. The van der Waals surface area contributed by atoms with Gasteiger partial charge in [0.05, 0.1) is 0 Å². The van der Waals surface area contributed by atoms with Crippen molar-refractivity contribution < 1.29 is 28.7 Å². The normalized spacial score (nSPS) is 13.8. The molecule has 208 valence electrons. The lowest BCUT2D eigenvalue weighted by Gasteiger charge is -2.31. The van der Waals surface area contributed by atoms with Crippen LogP contribution in [0.1, 0.15) is 11.1 Å². The number of hydrogen-bond donors (Lipinski definition) is 4. The summed E-state index contributed by atoms with van der Waals surface area (Å²) in [5.41, 5.74) is 15.2. The third kappa shape index (κ3) is 5.53. The predicted octanol–water partition coefficient (Wildman–Crippen LogP) is 0.833. The third-order valence-electron chi connectivity index (χ3n) is 6.82. The topological polar surface area (TPSA) is 177 Å². The lowest BCUT2D eigenvalue weighted by molar-refractivity contribution is -0.163. The van der Waals surface area contributed by atoms with E-state index in [2.05, 4.69) is 9.97 Å². The van der Waals surface area contributed by atoms with Crippen LogP contribution in [0, 0.1) is 0 Å². The SMILES string of the molecule is NCCc1c[nH]c2ccc(OCC(=O)N3CC(=O)N(C(=O)COc4ccc5[nH]cc(CCN)c5c4)CC3=O)cc12. The van der Waals surface area contributed by atoms with Gasteiger partial charge in [-0.05, 0) is 73.5 Å². The minimum atomic E-state index is -0.675. The number of hydrogen-bond acceptors (Lipinski definition) is 8. The van der Waals surface area contributed by atoms with Crippen molar-refractivity contribution in [1.29, 1.82) is 0 Å². The first-order valence-electron chi connectivity index (χ1n) is 12.9. The van der Waals surface area contributed by atoms with Crippen LogP contribution in [0.15, 0.2) is 48.8 Å². The van der Waals surface area contributed by atoms with Gasteiger partial charge in [0, 0.05) is 34.2 Å². The van der Waals surface area contributed by atoms with E-state index < -0.39 is 49.9 Å². The molecule has 0 bridgehead atoms. The molecule has 1 aliphatic rings. The van der Waals surface area contributed by atoms with E-state index in [1.54, 1.807) is 24.3 Å². The number of rotatable bonds is 10. The van der Waals surface area contributed by atoms with E-state index in [0.717, 1.165) is 42.7 Å². The molecule has 6 N–H and O–H groups in total. The Labute approximate surface area is 229 Å². The van der Waals surface area contributed by atoms with Gasteiger partial charge in [-0.1, -0.05) is 0 Å². The predicted molar refractivity (Wildman–Crippen MR) is 147 cm³/mol. The first-order valence-corrected chi connectivity index (χ1v) is 12.9. The van der Waals surface area contributed by atoms with E-state index in [9.17, 15) is 19.2 Å². The number of carbonyl (C=O) groups excluding carboxylic acids is 4. The van der Waals surface area contributed by atoms with Gasteiger partial charge in [0.15, 0.2) is 13.2 Å². The fourth-order valence-electron chi connectivity index (χ4n) is 4.74. The first-order chi connectivity index (χ1) is 19.4. The van der Waals surface area contributed by atoms with Crippen LogP contribution in [-0.2, 0) is 32.0 Å². The monoisotopic (exact) mass is 546 g/mol. The van der Waals surface area contributed by atoms with Crippen LogP contribution in [0.3, 0.4) is 0 Å². The lowest BCUT2D eigenvalue weighted by atomic mass is 10.1. The Morgan fingerprint density at radius 2 is 1.15 bits per heavy atom. The second kappa shape index (κ2) is 11.6. The molecule has 1 fully saturated rings. The van der Waals surface area contributed by atoms with Gasteiger partial charge < -0.3 is 30.9 Å². The molecule has 2 aromatic carbocycles. The summed E-state index contributed by atoms with van der Waals surface area (Å²) >= 11 is 0. The van der Waals surface area contributed by atoms with Crippen LogP contribution >= 0.6 is 0 Å².